The zero-order chi connectivity index (χ0) is 14.6. The molecule has 5 nitrogen and oxygen atoms in total. The van der Waals surface area contributed by atoms with E-state index in [1.807, 2.05) is 5.43 Å². The van der Waals surface area contributed by atoms with Gasteiger partial charge in [-0.1, -0.05) is 0 Å². The highest BCUT2D eigenvalue weighted by Crippen LogP contribution is 2.28. The molecule has 0 bridgehead atoms. The molecule has 0 radical (unpaired) electrons. The Balaban J connectivity index is 2.79. The van der Waals surface area contributed by atoms with E-state index in [1.54, 1.807) is 0 Å². The first-order valence-electron chi connectivity index (χ1n) is 4.97. The molecule has 1 aromatic rings. The number of carbonyl (C=O) groups is 2. The van der Waals surface area contributed by atoms with Crippen LogP contribution >= 0.6 is 0 Å². The molecule has 0 aliphatic rings. The first kappa shape index (κ1) is 14.7. The highest BCUT2D eigenvalue weighted by molar-refractivity contribution is 6.34. The van der Waals surface area contributed by atoms with Gasteiger partial charge >= 0.3 is 12.1 Å². The van der Waals surface area contributed by atoms with Crippen LogP contribution in [-0.2, 0) is 11.0 Å². The maximum atomic E-state index is 12.3. The van der Waals surface area contributed by atoms with Crippen molar-refractivity contribution in [1.29, 1.82) is 0 Å². The molecule has 0 atom stereocenters. The number of aliphatic carboxylic acids is 1. The van der Waals surface area contributed by atoms with E-state index < -0.39 is 23.6 Å². The van der Waals surface area contributed by atoms with Gasteiger partial charge in [0.05, 0.1) is 5.56 Å². The minimum Gasteiger partial charge on any atom is -0.477 e. The predicted octanol–water partition coefficient (Wildman–Crippen LogP) is 1.90. The molecule has 19 heavy (non-hydrogen) atoms. The van der Waals surface area contributed by atoms with Crippen molar-refractivity contribution in [2.45, 2.75) is 13.1 Å². The number of carboxylic acid groups (broad SMARTS) is 1. The third-order valence-corrected chi connectivity index (χ3v) is 2.11. The van der Waals surface area contributed by atoms with E-state index in [-0.39, 0.29) is 11.3 Å². The molecule has 0 saturated carbocycles. The van der Waals surface area contributed by atoms with Gasteiger partial charge in [-0.25, -0.2) is 10.2 Å². The van der Waals surface area contributed by atoms with Gasteiger partial charge < -0.3 is 5.11 Å². The van der Waals surface area contributed by atoms with E-state index >= 15 is 0 Å². The summed E-state index contributed by atoms with van der Waals surface area (Å²) in [5, 5.41) is 11.8. The third-order valence-electron chi connectivity index (χ3n) is 2.11. The van der Waals surface area contributed by atoms with E-state index in [0.29, 0.717) is 0 Å². The monoisotopic (exact) mass is 274 g/mol. The van der Waals surface area contributed by atoms with Crippen molar-refractivity contribution in [1.82, 2.24) is 5.43 Å². The number of nitrogens with one attached hydrogen (secondary N) is 1. The summed E-state index contributed by atoms with van der Waals surface area (Å²) in [6.45, 7) is 1.16. The summed E-state index contributed by atoms with van der Waals surface area (Å²) in [4.78, 5) is 21.8. The Hall–Kier alpha value is -2.38. The molecule has 102 valence electrons. The van der Waals surface area contributed by atoms with Gasteiger partial charge in [0.2, 0.25) is 0 Å². The van der Waals surface area contributed by atoms with Crippen LogP contribution in [0.1, 0.15) is 22.8 Å². The number of hydrogen-bond donors (Lipinski definition) is 2. The second kappa shape index (κ2) is 5.51. The van der Waals surface area contributed by atoms with Gasteiger partial charge in [-0.2, -0.15) is 18.3 Å². The molecule has 1 aromatic carbocycles. The molecule has 0 spiro atoms. The number of nitrogens with zero attached hydrogens (tertiary/aromatic N) is 1. The summed E-state index contributed by atoms with van der Waals surface area (Å²) in [5.74, 6) is -2.11. The summed E-state index contributed by atoms with van der Waals surface area (Å²) in [7, 11) is 0. The highest BCUT2D eigenvalue weighted by Gasteiger charge is 2.30. The van der Waals surface area contributed by atoms with Crippen LogP contribution in [0, 0.1) is 0 Å². The fraction of sp³-hybridized carbons (Fsp3) is 0.182. The summed E-state index contributed by atoms with van der Waals surface area (Å²) >= 11 is 0. The average Bonchev–Trinajstić information content (AvgIpc) is 2.34. The molecule has 0 fully saturated rings. The van der Waals surface area contributed by atoms with E-state index in [2.05, 4.69) is 5.10 Å². The molecule has 0 saturated heterocycles. The highest BCUT2D eigenvalue weighted by atomic mass is 19.4. The molecule has 0 aliphatic carbocycles. The Labute approximate surface area is 105 Å². The van der Waals surface area contributed by atoms with E-state index in [9.17, 15) is 22.8 Å². The topological polar surface area (TPSA) is 78.8 Å². The zero-order valence-electron chi connectivity index (χ0n) is 9.65. The molecular formula is C11H9F3N2O3. The fourth-order valence-electron chi connectivity index (χ4n) is 1.06. The largest absolute Gasteiger partial charge is 0.477 e. The number of amides is 1. The molecule has 0 aliphatic heterocycles. The smallest absolute Gasteiger partial charge is 0.416 e. The predicted molar refractivity (Wildman–Crippen MR) is 59.7 cm³/mol. The van der Waals surface area contributed by atoms with E-state index in [0.717, 1.165) is 31.2 Å². The van der Waals surface area contributed by atoms with Crippen LogP contribution in [0.2, 0.25) is 0 Å². The molecular weight excluding hydrogens is 265 g/mol. The minimum atomic E-state index is -4.48. The molecule has 0 unspecified atom stereocenters. The molecule has 0 aromatic heterocycles. The van der Waals surface area contributed by atoms with Crippen LogP contribution in [0.3, 0.4) is 0 Å². The Kier molecular flexibility index (Phi) is 4.26. The molecule has 1 amide bonds. The second-order valence-corrected chi connectivity index (χ2v) is 3.52. The van der Waals surface area contributed by atoms with E-state index in [4.69, 9.17) is 5.11 Å². The van der Waals surface area contributed by atoms with Crippen molar-refractivity contribution in [3.63, 3.8) is 0 Å². The van der Waals surface area contributed by atoms with Crippen LogP contribution in [-0.4, -0.2) is 22.7 Å². The molecule has 8 heteroatoms. The maximum absolute atomic E-state index is 12.3. The number of carbonyl (C=O) groups excluding carboxylic acids is 1. The van der Waals surface area contributed by atoms with Crippen molar-refractivity contribution in [2.24, 2.45) is 5.10 Å². The first-order valence-corrected chi connectivity index (χ1v) is 4.97. The van der Waals surface area contributed by atoms with Gasteiger partial charge in [-0.3, -0.25) is 4.79 Å². The van der Waals surface area contributed by atoms with Gasteiger partial charge in [0.25, 0.3) is 5.91 Å². The van der Waals surface area contributed by atoms with E-state index in [1.165, 1.54) is 0 Å². The van der Waals surface area contributed by atoms with Crippen molar-refractivity contribution in [3.05, 3.63) is 35.4 Å². The lowest BCUT2D eigenvalue weighted by Gasteiger charge is -2.06. The fourth-order valence-corrected chi connectivity index (χ4v) is 1.06. The Morgan fingerprint density at radius 2 is 1.74 bits per heavy atom. The van der Waals surface area contributed by atoms with Crippen molar-refractivity contribution in [2.75, 3.05) is 0 Å². The number of hydrazone groups is 1. The number of carboxylic acids is 1. The standard InChI is InChI=1S/C11H9F3N2O3/c1-6(10(18)19)15-16-9(17)7-2-4-8(5-3-7)11(12,13)14/h2-5H,1H3,(H,16,17)(H,18,19)/b15-6+. The number of hydrogen-bond acceptors (Lipinski definition) is 3. The van der Waals surface area contributed by atoms with Crippen LogP contribution in [0.4, 0.5) is 13.2 Å². The first-order chi connectivity index (χ1) is 8.71. The van der Waals surface area contributed by atoms with Crippen molar-refractivity contribution >= 4 is 17.6 Å². The maximum Gasteiger partial charge on any atom is 0.416 e. The van der Waals surface area contributed by atoms with Crippen molar-refractivity contribution < 1.29 is 27.9 Å². The van der Waals surface area contributed by atoms with Crippen LogP contribution in [0.25, 0.3) is 0 Å². The quantitative estimate of drug-likeness (QED) is 0.652. The summed E-state index contributed by atoms with van der Waals surface area (Å²) in [6, 6.07) is 3.46. The number of halogens is 3. The van der Waals surface area contributed by atoms with Crippen molar-refractivity contribution in [3.8, 4) is 0 Å². The van der Waals surface area contributed by atoms with Gasteiger partial charge in [-0.05, 0) is 31.2 Å². The Bertz CT molecular complexity index is 521. The van der Waals surface area contributed by atoms with Gasteiger partial charge in [0.1, 0.15) is 5.71 Å². The lowest BCUT2D eigenvalue weighted by atomic mass is 10.1. The Morgan fingerprint density at radius 3 is 2.16 bits per heavy atom. The molecule has 1 rings (SSSR count). The molecule has 2 N–H and O–H groups in total. The molecule has 0 heterocycles. The summed E-state index contributed by atoms with van der Waals surface area (Å²) < 4.78 is 36.8. The SMILES string of the molecule is C/C(=N\NC(=O)c1ccc(C(F)(F)F)cc1)C(=O)O. The van der Waals surface area contributed by atoms with Crippen LogP contribution in [0.5, 0.6) is 0 Å². The van der Waals surface area contributed by atoms with Gasteiger partial charge in [-0.15, -0.1) is 0 Å². The third kappa shape index (κ3) is 4.09. The summed E-state index contributed by atoms with van der Waals surface area (Å²) in [5.41, 5.74) is 0.638. The lowest BCUT2D eigenvalue weighted by Crippen LogP contribution is -2.21. The Morgan fingerprint density at radius 1 is 1.21 bits per heavy atom. The minimum absolute atomic E-state index is 0.0602. The average molecular weight is 274 g/mol. The van der Waals surface area contributed by atoms with Crippen LogP contribution in [0.15, 0.2) is 29.4 Å². The van der Waals surface area contributed by atoms with Gasteiger partial charge in [0, 0.05) is 5.56 Å². The van der Waals surface area contributed by atoms with Gasteiger partial charge in [0.15, 0.2) is 0 Å². The van der Waals surface area contributed by atoms with Crippen LogP contribution < -0.4 is 5.43 Å². The zero-order valence-corrected chi connectivity index (χ0v) is 9.65. The normalized spacial score (nSPS) is 12.1. The number of benzene rings is 1. The number of rotatable bonds is 3. The summed E-state index contributed by atoms with van der Waals surface area (Å²) in [6.07, 6.45) is -4.48. The second-order valence-electron chi connectivity index (χ2n) is 3.52. The lowest BCUT2D eigenvalue weighted by molar-refractivity contribution is -0.137. The number of alkyl halides is 3.